The first-order chi connectivity index (χ1) is 14.2. The van der Waals surface area contributed by atoms with Crippen LogP contribution < -0.4 is 0 Å². The van der Waals surface area contributed by atoms with Gasteiger partial charge in [-0.25, -0.2) is 8.78 Å². The van der Waals surface area contributed by atoms with Crippen molar-refractivity contribution < 1.29 is 28.6 Å². The Morgan fingerprint density at radius 3 is 2.37 bits per heavy atom. The maximum Gasteiger partial charge on any atom is 0.311 e. The number of carbonyl (C=O) groups is 2. The second-order valence-electron chi connectivity index (χ2n) is 7.57. The Labute approximate surface area is 175 Å². The predicted octanol–water partition coefficient (Wildman–Crippen LogP) is 5.24. The van der Waals surface area contributed by atoms with E-state index in [0.717, 1.165) is 17.1 Å². The fraction of sp³-hybridized carbons (Fsp3) is 0.273. The number of halogens is 3. The average molecular weight is 434 g/mol. The molecule has 0 saturated heterocycles. The summed E-state index contributed by atoms with van der Waals surface area (Å²) in [5.74, 6) is -6.72. The van der Waals surface area contributed by atoms with Crippen LogP contribution in [0.15, 0.2) is 30.3 Å². The fourth-order valence-electron chi connectivity index (χ4n) is 4.21. The van der Waals surface area contributed by atoms with Crippen molar-refractivity contribution in [3.8, 4) is 5.75 Å². The number of phenols is 1. The van der Waals surface area contributed by atoms with E-state index in [1.807, 2.05) is 0 Å². The van der Waals surface area contributed by atoms with Crippen molar-refractivity contribution >= 4 is 34.4 Å². The van der Waals surface area contributed by atoms with Gasteiger partial charge in [0, 0.05) is 27.7 Å². The number of hydrogen-bond acceptors (Lipinski definition) is 3. The predicted molar refractivity (Wildman–Crippen MR) is 107 cm³/mol. The first-order valence-corrected chi connectivity index (χ1v) is 9.85. The van der Waals surface area contributed by atoms with E-state index >= 15 is 4.39 Å². The Bertz CT molecular complexity index is 1180. The quantitative estimate of drug-likeness (QED) is 0.589. The molecule has 1 heterocycles. The first kappa shape index (κ1) is 20.3. The summed E-state index contributed by atoms with van der Waals surface area (Å²) in [6, 6.07) is 6.83. The zero-order valence-electron chi connectivity index (χ0n) is 16.0. The second-order valence-corrected chi connectivity index (χ2v) is 8.00. The molecule has 1 aliphatic rings. The Hall–Kier alpha value is -2.93. The SMILES string of the molecule is Cc1c(C(C(=O)O)C2CCC2)c2c(F)c(O)c(F)cc2n1C(=O)c1ccc(Cl)cc1. The molecule has 1 saturated carbocycles. The van der Waals surface area contributed by atoms with Crippen molar-refractivity contribution in [2.24, 2.45) is 5.92 Å². The lowest BCUT2D eigenvalue weighted by atomic mass is 9.72. The lowest BCUT2D eigenvalue weighted by molar-refractivity contribution is -0.141. The van der Waals surface area contributed by atoms with Gasteiger partial charge in [0.05, 0.1) is 11.4 Å². The fourth-order valence-corrected chi connectivity index (χ4v) is 4.33. The topological polar surface area (TPSA) is 79.5 Å². The number of hydrogen-bond donors (Lipinski definition) is 2. The minimum Gasteiger partial charge on any atom is -0.503 e. The van der Waals surface area contributed by atoms with E-state index in [2.05, 4.69) is 0 Å². The number of aliphatic carboxylic acids is 1. The highest BCUT2D eigenvalue weighted by Crippen LogP contribution is 2.46. The highest BCUT2D eigenvalue weighted by Gasteiger charge is 2.39. The van der Waals surface area contributed by atoms with Crippen molar-refractivity contribution in [3.05, 3.63) is 63.8 Å². The van der Waals surface area contributed by atoms with E-state index in [4.69, 9.17) is 11.6 Å². The van der Waals surface area contributed by atoms with Gasteiger partial charge in [0.15, 0.2) is 17.4 Å². The van der Waals surface area contributed by atoms with Crippen molar-refractivity contribution in [1.82, 2.24) is 4.57 Å². The van der Waals surface area contributed by atoms with Crippen LogP contribution in [0.3, 0.4) is 0 Å². The van der Waals surface area contributed by atoms with Gasteiger partial charge in [-0.3, -0.25) is 14.2 Å². The molecule has 0 amide bonds. The van der Waals surface area contributed by atoms with Crippen LogP contribution in [0.25, 0.3) is 10.9 Å². The molecule has 1 unspecified atom stereocenters. The van der Waals surface area contributed by atoms with Crippen LogP contribution >= 0.6 is 11.6 Å². The summed E-state index contributed by atoms with van der Waals surface area (Å²) < 4.78 is 30.3. The van der Waals surface area contributed by atoms with Gasteiger partial charge < -0.3 is 10.2 Å². The minimum atomic E-state index is -1.27. The summed E-state index contributed by atoms with van der Waals surface area (Å²) in [4.78, 5) is 25.3. The molecule has 2 N–H and O–H groups in total. The molecule has 0 bridgehead atoms. The molecule has 8 heteroatoms. The third kappa shape index (κ3) is 3.04. The number of carbonyl (C=O) groups excluding carboxylic acids is 1. The van der Waals surface area contributed by atoms with Gasteiger partial charge in [0.2, 0.25) is 0 Å². The van der Waals surface area contributed by atoms with Crippen molar-refractivity contribution in [3.63, 3.8) is 0 Å². The van der Waals surface area contributed by atoms with E-state index in [0.29, 0.717) is 17.9 Å². The molecule has 0 spiro atoms. The maximum atomic E-state index is 15.0. The maximum absolute atomic E-state index is 15.0. The lowest BCUT2D eigenvalue weighted by Crippen LogP contribution is -2.27. The van der Waals surface area contributed by atoms with Gasteiger partial charge in [0.25, 0.3) is 5.91 Å². The number of carboxylic acids is 1. The highest BCUT2D eigenvalue weighted by atomic mass is 35.5. The van der Waals surface area contributed by atoms with E-state index in [9.17, 15) is 24.2 Å². The number of benzene rings is 2. The van der Waals surface area contributed by atoms with Gasteiger partial charge in [-0.1, -0.05) is 18.0 Å². The molecular formula is C22H18ClF2NO4. The van der Waals surface area contributed by atoms with Crippen LogP contribution in [0.1, 0.15) is 46.8 Å². The first-order valence-electron chi connectivity index (χ1n) is 9.47. The molecule has 0 radical (unpaired) electrons. The molecular weight excluding hydrogens is 416 g/mol. The third-order valence-corrected chi connectivity index (χ3v) is 6.15. The largest absolute Gasteiger partial charge is 0.503 e. The zero-order valence-corrected chi connectivity index (χ0v) is 16.7. The van der Waals surface area contributed by atoms with Crippen LogP contribution in [-0.4, -0.2) is 26.7 Å². The summed E-state index contributed by atoms with van der Waals surface area (Å²) >= 11 is 5.88. The lowest BCUT2D eigenvalue weighted by Gasteiger charge is -2.31. The summed E-state index contributed by atoms with van der Waals surface area (Å²) in [6.07, 6.45) is 2.17. The molecule has 1 aromatic heterocycles. The van der Waals surface area contributed by atoms with E-state index in [1.54, 1.807) is 0 Å². The average Bonchev–Trinajstić information content (AvgIpc) is 2.94. The Morgan fingerprint density at radius 2 is 1.83 bits per heavy atom. The summed E-state index contributed by atoms with van der Waals surface area (Å²) in [6.45, 7) is 1.51. The van der Waals surface area contributed by atoms with E-state index in [1.165, 1.54) is 31.2 Å². The molecule has 4 rings (SSSR count). The number of carboxylic acid groups (broad SMARTS) is 1. The van der Waals surface area contributed by atoms with Gasteiger partial charge in [-0.2, -0.15) is 0 Å². The number of phenolic OH excluding ortho intramolecular Hbond substituents is 1. The second kappa shape index (κ2) is 7.40. The Kier molecular flexibility index (Phi) is 5.02. The van der Waals surface area contributed by atoms with Crippen LogP contribution in [-0.2, 0) is 4.79 Å². The molecule has 30 heavy (non-hydrogen) atoms. The Balaban J connectivity index is 2.04. The molecule has 3 aromatic rings. The summed E-state index contributed by atoms with van der Waals surface area (Å²) in [5, 5.41) is 19.9. The van der Waals surface area contributed by atoms with Gasteiger partial charge in [-0.05, 0) is 55.5 Å². The van der Waals surface area contributed by atoms with Crippen LogP contribution in [0.2, 0.25) is 5.02 Å². The number of fused-ring (bicyclic) bond motifs is 1. The van der Waals surface area contributed by atoms with Gasteiger partial charge >= 0.3 is 5.97 Å². The smallest absolute Gasteiger partial charge is 0.311 e. The Morgan fingerprint density at radius 1 is 1.20 bits per heavy atom. The molecule has 2 aromatic carbocycles. The van der Waals surface area contributed by atoms with E-state index in [-0.39, 0.29) is 33.6 Å². The number of aromatic nitrogens is 1. The molecule has 1 fully saturated rings. The highest BCUT2D eigenvalue weighted by molar-refractivity contribution is 6.30. The molecule has 5 nitrogen and oxygen atoms in total. The number of rotatable bonds is 4. The molecule has 1 aliphatic carbocycles. The third-order valence-electron chi connectivity index (χ3n) is 5.90. The summed E-state index contributed by atoms with van der Waals surface area (Å²) in [5.41, 5.74) is 0.390. The number of nitrogens with zero attached hydrogens (tertiary/aromatic N) is 1. The standard InChI is InChI=1S/C22H18ClF2NO4/c1-10-16(17(22(29)30)11-3-2-4-11)18-15(9-14(24)20(27)19(18)25)26(10)21(28)12-5-7-13(23)8-6-12/h5-9,11,17,27H,2-4H2,1H3,(H,29,30). The van der Waals surface area contributed by atoms with Crippen molar-refractivity contribution in [1.29, 1.82) is 0 Å². The molecule has 0 aliphatic heterocycles. The molecule has 1 atom stereocenters. The minimum absolute atomic E-state index is 0.0947. The van der Waals surface area contributed by atoms with E-state index < -0.39 is 35.2 Å². The van der Waals surface area contributed by atoms with Gasteiger partial charge in [0.1, 0.15) is 0 Å². The summed E-state index contributed by atoms with van der Waals surface area (Å²) in [7, 11) is 0. The van der Waals surface area contributed by atoms with Crippen LogP contribution in [0, 0.1) is 24.5 Å². The normalized spacial score (nSPS) is 15.2. The van der Waals surface area contributed by atoms with Gasteiger partial charge in [-0.15, -0.1) is 0 Å². The van der Waals surface area contributed by atoms with Crippen molar-refractivity contribution in [2.45, 2.75) is 32.1 Å². The van der Waals surface area contributed by atoms with Crippen LogP contribution in [0.4, 0.5) is 8.78 Å². The monoisotopic (exact) mass is 433 g/mol. The zero-order chi connectivity index (χ0) is 21.7. The molecule has 156 valence electrons. The van der Waals surface area contributed by atoms with Crippen LogP contribution in [0.5, 0.6) is 5.75 Å². The van der Waals surface area contributed by atoms with Crippen molar-refractivity contribution in [2.75, 3.05) is 0 Å². The number of aromatic hydroxyl groups is 1.